The molecule has 0 bridgehead atoms. The van der Waals surface area contributed by atoms with Crippen LogP contribution in [0.2, 0.25) is 0 Å². The van der Waals surface area contributed by atoms with Crippen LogP contribution in [0, 0.1) is 0 Å². The van der Waals surface area contributed by atoms with Crippen LogP contribution < -0.4 is 11.1 Å². The van der Waals surface area contributed by atoms with Crippen molar-refractivity contribution in [1.82, 2.24) is 4.90 Å². The number of amides is 1. The fourth-order valence-electron chi connectivity index (χ4n) is 1.50. The zero-order chi connectivity index (χ0) is 12.7. The van der Waals surface area contributed by atoms with Gasteiger partial charge in [0, 0.05) is 5.69 Å². The number of carbonyl (C=O) groups excluding carboxylic acids is 1. The average molecular weight is 235 g/mol. The van der Waals surface area contributed by atoms with E-state index in [2.05, 4.69) is 5.32 Å². The SMILES string of the molecule is CC(C(=O)Nc1ccccc1)N(C)CCCN. The Morgan fingerprint density at radius 3 is 2.65 bits per heavy atom. The van der Waals surface area contributed by atoms with Crippen molar-refractivity contribution >= 4 is 11.6 Å². The van der Waals surface area contributed by atoms with E-state index in [0.29, 0.717) is 6.54 Å². The predicted octanol–water partition coefficient (Wildman–Crippen LogP) is 1.29. The van der Waals surface area contributed by atoms with Crippen molar-refractivity contribution in [1.29, 1.82) is 0 Å². The molecule has 94 valence electrons. The number of anilines is 1. The van der Waals surface area contributed by atoms with Gasteiger partial charge in [0.05, 0.1) is 6.04 Å². The van der Waals surface area contributed by atoms with E-state index in [1.807, 2.05) is 49.2 Å². The van der Waals surface area contributed by atoms with Crippen LogP contribution in [-0.4, -0.2) is 37.0 Å². The first-order valence-electron chi connectivity index (χ1n) is 5.91. The minimum absolute atomic E-state index is 0.00993. The molecule has 0 aliphatic rings. The molecule has 1 atom stereocenters. The lowest BCUT2D eigenvalue weighted by Gasteiger charge is -2.23. The molecular formula is C13H21N3O. The highest BCUT2D eigenvalue weighted by Gasteiger charge is 2.17. The molecule has 0 aliphatic heterocycles. The quantitative estimate of drug-likeness (QED) is 0.781. The van der Waals surface area contributed by atoms with E-state index in [9.17, 15) is 4.79 Å². The molecule has 0 spiro atoms. The highest BCUT2D eigenvalue weighted by atomic mass is 16.2. The molecular weight excluding hydrogens is 214 g/mol. The molecule has 0 fully saturated rings. The number of rotatable bonds is 6. The zero-order valence-electron chi connectivity index (χ0n) is 10.5. The van der Waals surface area contributed by atoms with Crippen molar-refractivity contribution in [3.8, 4) is 0 Å². The summed E-state index contributed by atoms with van der Waals surface area (Å²) in [7, 11) is 1.94. The Balaban J connectivity index is 2.47. The number of nitrogens with one attached hydrogen (secondary N) is 1. The Bertz CT molecular complexity index is 340. The van der Waals surface area contributed by atoms with Gasteiger partial charge in [0.15, 0.2) is 0 Å². The van der Waals surface area contributed by atoms with Crippen LogP contribution in [0.3, 0.4) is 0 Å². The van der Waals surface area contributed by atoms with Gasteiger partial charge in [-0.2, -0.15) is 0 Å². The second-order valence-electron chi connectivity index (χ2n) is 4.15. The first-order chi connectivity index (χ1) is 8.15. The summed E-state index contributed by atoms with van der Waals surface area (Å²) in [5, 5.41) is 2.89. The van der Waals surface area contributed by atoms with Crippen LogP contribution in [0.1, 0.15) is 13.3 Å². The molecule has 0 aliphatic carbocycles. The zero-order valence-corrected chi connectivity index (χ0v) is 10.5. The Hall–Kier alpha value is -1.39. The van der Waals surface area contributed by atoms with Gasteiger partial charge in [-0.1, -0.05) is 18.2 Å². The third kappa shape index (κ3) is 4.54. The van der Waals surface area contributed by atoms with Crippen LogP contribution in [-0.2, 0) is 4.79 Å². The van der Waals surface area contributed by atoms with E-state index < -0.39 is 0 Å². The Morgan fingerprint density at radius 2 is 2.06 bits per heavy atom. The lowest BCUT2D eigenvalue weighted by molar-refractivity contribution is -0.120. The summed E-state index contributed by atoms with van der Waals surface area (Å²) < 4.78 is 0. The Kier molecular flexibility index (Phi) is 5.66. The summed E-state index contributed by atoms with van der Waals surface area (Å²) >= 11 is 0. The molecule has 0 aromatic heterocycles. The molecule has 0 radical (unpaired) electrons. The van der Waals surface area contributed by atoms with E-state index in [4.69, 9.17) is 5.73 Å². The maximum atomic E-state index is 11.9. The summed E-state index contributed by atoms with van der Waals surface area (Å²) in [6, 6.07) is 9.33. The van der Waals surface area contributed by atoms with E-state index in [1.54, 1.807) is 0 Å². The monoisotopic (exact) mass is 235 g/mol. The van der Waals surface area contributed by atoms with E-state index >= 15 is 0 Å². The first kappa shape index (κ1) is 13.7. The second-order valence-corrected chi connectivity index (χ2v) is 4.15. The van der Waals surface area contributed by atoms with Crippen molar-refractivity contribution in [2.45, 2.75) is 19.4 Å². The highest BCUT2D eigenvalue weighted by Crippen LogP contribution is 2.07. The van der Waals surface area contributed by atoms with Gasteiger partial charge in [0.25, 0.3) is 0 Å². The van der Waals surface area contributed by atoms with Crippen LogP contribution in [0.15, 0.2) is 30.3 Å². The van der Waals surface area contributed by atoms with Gasteiger partial charge in [0.1, 0.15) is 0 Å². The number of hydrogen-bond donors (Lipinski definition) is 2. The molecule has 0 saturated heterocycles. The maximum absolute atomic E-state index is 11.9. The molecule has 4 nitrogen and oxygen atoms in total. The number of para-hydroxylation sites is 1. The van der Waals surface area contributed by atoms with Gasteiger partial charge in [-0.15, -0.1) is 0 Å². The number of nitrogens with zero attached hydrogens (tertiary/aromatic N) is 1. The molecule has 0 saturated carbocycles. The van der Waals surface area contributed by atoms with Crippen LogP contribution in [0.5, 0.6) is 0 Å². The fraction of sp³-hybridized carbons (Fsp3) is 0.462. The molecule has 1 aromatic carbocycles. The van der Waals surface area contributed by atoms with Crippen molar-refractivity contribution in [3.05, 3.63) is 30.3 Å². The topological polar surface area (TPSA) is 58.4 Å². The molecule has 1 aromatic rings. The number of likely N-dealkylation sites (N-methyl/N-ethyl adjacent to an activating group) is 1. The summed E-state index contributed by atoms with van der Waals surface area (Å²) in [5.74, 6) is 0.00993. The third-order valence-electron chi connectivity index (χ3n) is 2.80. The molecule has 1 amide bonds. The maximum Gasteiger partial charge on any atom is 0.241 e. The van der Waals surface area contributed by atoms with Crippen LogP contribution in [0.25, 0.3) is 0 Å². The number of benzene rings is 1. The molecule has 1 rings (SSSR count). The van der Waals surface area contributed by atoms with E-state index in [-0.39, 0.29) is 11.9 Å². The van der Waals surface area contributed by atoms with Crippen molar-refractivity contribution in [2.24, 2.45) is 5.73 Å². The second kappa shape index (κ2) is 7.04. The smallest absolute Gasteiger partial charge is 0.241 e. The number of nitrogens with two attached hydrogens (primary N) is 1. The first-order valence-corrected chi connectivity index (χ1v) is 5.91. The van der Waals surface area contributed by atoms with E-state index in [1.165, 1.54) is 0 Å². The van der Waals surface area contributed by atoms with E-state index in [0.717, 1.165) is 18.7 Å². The molecule has 0 heterocycles. The Labute approximate surface area is 103 Å². The van der Waals surface area contributed by atoms with Gasteiger partial charge < -0.3 is 11.1 Å². The average Bonchev–Trinajstić information content (AvgIpc) is 2.36. The van der Waals surface area contributed by atoms with Crippen LogP contribution in [0.4, 0.5) is 5.69 Å². The van der Waals surface area contributed by atoms with Crippen LogP contribution >= 0.6 is 0 Å². The number of hydrogen-bond acceptors (Lipinski definition) is 3. The third-order valence-corrected chi connectivity index (χ3v) is 2.80. The molecule has 3 N–H and O–H groups in total. The minimum Gasteiger partial charge on any atom is -0.330 e. The van der Waals surface area contributed by atoms with Crippen molar-refractivity contribution in [2.75, 3.05) is 25.5 Å². The van der Waals surface area contributed by atoms with Gasteiger partial charge >= 0.3 is 0 Å². The number of carbonyl (C=O) groups is 1. The summed E-state index contributed by atoms with van der Waals surface area (Å²) in [5.41, 5.74) is 6.28. The van der Waals surface area contributed by atoms with Gasteiger partial charge in [-0.25, -0.2) is 0 Å². The predicted molar refractivity (Wildman–Crippen MR) is 70.8 cm³/mol. The molecule has 1 unspecified atom stereocenters. The summed E-state index contributed by atoms with van der Waals surface area (Å²) in [4.78, 5) is 13.9. The van der Waals surface area contributed by atoms with Gasteiger partial charge in [-0.3, -0.25) is 9.69 Å². The van der Waals surface area contributed by atoms with Crippen molar-refractivity contribution < 1.29 is 4.79 Å². The van der Waals surface area contributed by atoms with Gasteiger partial charge in [0.2, 0.25) is 5.91 Å². The lowest BCUT2D eigenvalue weighted by Crippen LogP contribution is -2.40. The summed E-state index contributed by atoms with van der Waals surface area (Å²) in [6.07, 6.45) is 0.902. The fourth-order valence-corrected chi connectivity index (χ4v) is 1.50. The minimum atomic E-state index is -0.151. The largest absolute Gasteiger partial charge is 0.330 e. The lowest BCUT2D eigenvalue weighted by atomic mass is 10.2. The van der Waals surface area contributed by atoms with Crippen molar-refractivity contribution in [3.63, 3.8) is 0 Å². The standard InChI is InChI=1S/C13H21N3O/c1-11(16(2)10-6-9-14)13(17)15-12-7-4-3-5-8-12/h3-5,7-8,11H,6,9-10,14H2,1-2H3,(H,15,17). The summed E-state index contributed by atoms with van der Waals surface area (Å²) in [6.45, 7) is 3.38. The highest BCUT2D eigenvalue weighted by molar-refractivity contribution is 5.94. The molecule has 4 heteroatoms. The molecule has 17 heavy (non-hydrogen) atoms. The Morgan fingerprint density at radius 1 is 1.41 bits per heavy atom. The van der Waals surface area contributed by atoms with Gasteiger partial charge in [-0.05, 0) is 45.6 Å². The normalized spacial score (nSPS) is 12.5.